The lowest BCUT2D eigenvalue weighted by molar-refractivity contribution is -0.135. The number of carbonyl (C=O) groups is 1. The summed E-state index contributed by atoms with van der Waals surface area (Å²) < 4.78 is 51.9. The van der Waals surface area contributed by atoms with E-state index in [0.717, 1.165) is 5.56 Å². The van der Waals surface area contributed by atoms with E-state index in [4.69, 9.17) is 9.47 Å². The zero-order valence-corrected chi connectivity index (χ0v) is 18.1. The summed E-state index contributed by atoms with van der Waals surface area (Å²) in [6.45, 7) is 1.66. The number of nitrogens with zero attached hydrogens (tertiary/aromatic N) is 2. The summed E-state index contributed by atoms with van der Waals surface area (Å²) in [5.74, 6) is 0.314. The molecule has 0 bridgehead atoms. The maximum Gasteiger partial charge on any atom is 0.243 e. The average Bonchev–Trinajstić information content (AvgIpc) is 2.78. The number of rotatable bonds is 5. The molecule has 1 amide bonds. The minimum atomic E-state index is -3.69. The van der Waals surface area contributed by atoms with Crippen molar-refractivity contribution in [1.82, 2.24) is 9.21 Å². The highest BCUT2D eigenvalue weighted by atomic mass is 32.2. The largest absolute Gasteiger partial charge is 0.486 e. The fourth-order valence-electron chi connectivity index (χ4n) is 3.98. The predicted octanol–water partition coefficient (Wildman–Crippen LogP) is 2.66. The molecule has 0 saturated carbocycles. The van der Waals surface area contributed by atoms with Crippen LogP contribution < -0.4 is 9.47 Å². The van der Waals surface area contributed by atoms with Crippen LogP contribution in [-0.2, 0) is 21.4 Å². The Morgan fingerprint density at radius 3 is 2.52 bits per heavy atom. The third kappa shape index (κ3) is 4.67. The van der Waals surface area contributed by atoms with Gasteiger partial charge in [0.15, 0.2) is 11.5 Å². The molecule has 2 aromatic rings. The summed E-state index contributed by atoms with van der Waals surface area (Å²) in [6.07, 6.45) is 0.881. The topological polar surface area (TPSA) is 76.2 Å². The first-order chi connectivity index (χ1) is 14.8. The highest BCUT2D eigenvalue weighted by molar-refractivity contribution is 7.89. The fraction of sp³-hybridized carbons (Fsp3) is 0.409. The first-order valence-corrected chi connectivity index (χ1v) is 11.7. The molecule has 2 heterocycles. The zero-order valence-electron chi connectivity index (χ0n) is 17.3. The Bertz CT molecular complexity index is 1070. The molecule has 0 aliphatic carbocycles. The van der Waals surface area contributed by atoms with Gasteiger partial charge in [-0.1, -0.05) is 12.1 Å². The Morgan fingerprint density at radius 1 is 1.10 bits per heavy atom. The molecule has 166 valence electrons. The van der Waals surface area contributed by atoms with Gasteiger partial charge >= 0.3 is 0 Å². The lowest BCUT2D eigenvalue weighted by atomic mass is 9.96. The molecule has 0 radical (unpaired) electrons. The van der Waals surface area contributed by atoms with Gasteiger partial charge in [0.2, 0.25) is 15.9 Å². The third-order valence-electron chi connectivity index (χ3n) is 5.64. The second-order valence-electron chi connectivity index (χ2n) is 7.81. The second-order valence-corrected chi connectivity index (χ2v) is 9.75. The van der Waals surface area contributed by atoms with E-state index < -0.39 is 10.0 Å². The molecular weight excluding hydrogens is 423 g/mol. The van der Waals surface area contributed by atoms with Crippen molar-refractivity contribution < 1.29 is 27.1 Å². The minimum Gasteiger partial charge on any atom is -0.486 e. The van der Waals surface area contributed by atoms with Crippen molar-refractivity contribution in [2.75, 3.05) is 33.4 Å². The number of sulfonamides is 1. The lowest BCUT2D eigenvalue weighted by Gasteiger charge is -2.32. The predicted molar refractivity (Wildman–Crippen MR) is 112 cm³/mol. The van der Waals surface area contributed by atoms with Gasteiger partial charge in [0.05, 0.1) is 4.90 Å². The number of carbonyl (C=O) groups excluding carboxylic acids is 1. The highest BCUT2D eigenvalue weighted by Gasteiger charge is 2.33. The number of piperidine rings is 1. The van der Waals surface area contributed by atoms with Crippen molar-refractivity contribution in [2.45, 2.75) is 24.3 Å². The molecular formula is C22H25FN2O5S. The van der Waals surface area contributed by atoms with Gasteiger partial charge in [-0.25, -0.2) is 12.8 Å². The molecule has 0 unspecified atom stereocenters. The molecule has 0 atom stereocenters. The molecule has 4 rings (SSSR count). The monoisotopic (exact) mass is 448 g/mol. The normalized spacial score (nSPS) is 17.4. The van der Waals surface area contributed by atoms with Crippen LogP contribution in [0.3, 0.4) is 0 Å². The molecule has 2 aromatic carbocycles. The van der Waals surface area contributed by atoms with Gasteiger partial charge in [-0.05, 0) is 42.7 Å². The second kappa shape index (κ2) is 8.84. The van der Waals surface area contributed by atoms with Gasteiger partial charge < -0.3 is 14.4 Å². The average molecular weight is 449 g/mol. The SMILES string of the molecule is CN(Cc1cccc(F)c1)C(=O)C1CCN(S(=O)(=O)c2ccc3c(c2)OCCO3)CC1. The van der Waals surface area contributed by atoms with Crippen LogP contribution in [0.1, 0.15) is 18.4 Å². The van der Waals surface area contributed by atoms with E-state index in [2.05, 4.69) is 0 Å². The van der Waals surface area contributed by atoms with E-state index in [-0.39, 0.29) is 35.6 Å². The number of hydrogen-bond acceptors (Lipinski definition) is 5. The van der Waals surface area contributed by atoms with Crippen molar-refractivity contribution in [3.05, 3.63) is 53.8 Å². The quantitative estimate of drug-likeness (QED) is 0.703. The molecule has 1 saturated heterocycles. The Morgan fingerprint density at radius 2 is 1.81 bits per heavy atom. The maximum atomic E-state index is 13.4. The molecule has 0 aromatic heterocycles. The van der Waals surface area contributed by atoms with Gasteiger partial charge in [-0.3, -0.25) is 4.79 Å². The number of benzene rings is 2. The first kappa shape index (κ1) is 21.6. The summed E-state index contributed by atoms with van der Waals surface area (Å²) in [5, 5.41) is 0. The molecule has 0 spiro atoms. The summed E-state index contributed by atoms with van der Waals surface area (Å²) in [7, 11) is -2.00. The van der Waals surface area contributed by atoms with E-state index in [1.54, 1.807) is 30.1 Å². The van der Waals surface area contributed by atoms with Crippen LogP contribution in [0.4, 0.5) is 4.39 Å². The minimum absolute atomic E-state index is 0.0550. The smallest absolute Gasteiger partial charge is 0.243 e. The van der Waals surface area contributed by atoms with E-state index in [1.807, 2.05) is 0 Å². The lowest BCUT2D eigenvalue weighted by Crippen LogP contribution is -2.43. The van der Waals surface area contributed by atoms with Crippen molar-refractivity contribution in [3.8, 4) is 11.5 Å². The summed E-state index contributed by atoms with van der Waals surface area (Å²) >= 11 is 0. The van der Waals surface area contributed by atoms with Gasteiger partial charge in [0.25, 0.3) is 0 Å². The van der Waals surface area contributed by atoms with Crippen molar-refractivity contribution in [3.63, 3.8) is 0 Å². The Balaban J connectivity index is 1.38. The van der Waals surface area contributed by atoms with Gasteiger partial charge in [0, 0.05) is 38.7 Å². The van der Waals surface area contributed by atoms with Crippen molar-refractivity contribution in [2.24, 2.45) is 5.92 Å². The summed E-state index contributed by atoms with van der Waals surface area (Å²) in [4.78, 5) is 14.5. The number of hydrogen-bond donors (Lipinski definition) is 0. The van der Waals surface area contributed by atoms with Crippen LogP contribution >= 0.6 is 0 Å². The van der Waals surface area contributed by atoms with Crippen molar-refractivity contribution >= 4 is 15.9 Å². The Kier molecular flexibility index (Phi) is 6.15. The number of amides is 1. The maximum absolute atomic E-state index is 13.4. The van der Waals surface area contributed by atoms with Gasteiger partial charge in [0.1, 0.15) is 19.0 Å². The van der Waals surface area contributed by atoms with Crippen LogP contribution in [0.2, 0.25) is 0 Å². The van der Waals surface area contributed by atoms with E-state index >= 15 is 0 Å². The third-order valence-corrected chi connectivity index (χ3v) is 7.53. The van der Waals surface area contributed by atoms with Crippen LogP contribution in [0.15, 0.2) is 47.4 Å². The number of ether oxygens (including phenoxy) is 2. The molecule has 1 fully saturated rings. The standard InChI is InChI=1S/C22H25FN2O5S/c1-24(15-16-3-2-4-18(23)13-16)22(26)17-7-9-25(10-8-17)31(27,28)19-5-6-20-21(14-19)30-12-11-29-20/h2-6,13-14,17H,7-12,15H2,1H3. The van der Waals surface area contributed by atoms with Gasteiger partial charge in [-0.15, -0.1) is 0 Å². The van der Waals surface area contributed by atoms with E-state index in [1.165, 1.54) is 28.6 Å². The van der Waals surface area contributed by atoms with E-state index in [9.17, 15) is 17.6 Å². The zero-order chi connectivity index (χ0) is 22.0. The van der Waals surface area contributed by atoms with Crippen LogP contribution in [0.25, 0.3) is 0 Å². The van der Waals surface area contributed by atoms with Crippen LogP contribution in [0.5, 0.6) is 11.5 Å². The molecule has 9 heteroatoms. The summed E-state index contributed by atoms with van der Waals surface area (Å²) in [5.41, 5.74) is 0.717. The van der Waals surface area contributed by atoms with Crippen molar-refractivity contribution in [1.29, 1.82) is 0 Å². The molecule has 7 nitrogen and oxygen atoms in total. The number of halogens is 1. The molecule has 0 N–H and O–H groups in total. The molecule has 31 heavy (non-hydrogen) atoms. The van der Waals surface area contributed by atoms with Gasteiger partial charge in [-0.2, -0.15) is 4.31 Å². The highest BCUT2D eigenvalue weighted by Crippen LogP contribution is 2.34. The molecule has 2 aliphatic heterocycles. The van der Waals surface area contributed by atoms with Crippen LogP contribution in [0, 0.1) is 11.7 Å². The first-order valence-electron chi connectivity index (χ1n) is 10.2. The fourth-order valence-corrected chi connectivity index (χ4v) is 5.46. The number of fused-ring (bicyclic) bond motifs is 1. The summed E-state index contributed by atoms with van der Waals surface area (Å²) in [6, 6.07) is 10.8. The Labute approximate surface area is 181 Å². The van der Waals surface area contributed by atoms with E-state index in [0.29, 0.717) is 44.1 Å². The Hall–Kier alpha value is -2.65. The molecule has 2 aliphatic rings. The van der Waals surface area contributed by atoms with Crippen LogP contribution in [-0.4, -0.2) is 56.9 Å².